The van der Waals surface area contributed by atoms with E-state index in [-0.39, 0.29) is 6.10 Å². The van der Waals surface area contributed by atoms with Crippen LogP contribution in [-0.2, 0) is 6.42 Å². The van der Waals surface area contributed by atoms with Crippen LogP contribution < -0.4 is 5.73 Å². The van der Waals surface area contributed by atoms with E-state index in [0.717, 1.165) is 13.0 Å². The lowest BCUT2D eigenvalue weighted by Crippen LogP contribution is -2.31. The molecule has 0 amide bonds. The average Bonchev–Trinajstić information content (AvgIpc) is 2.61. The summed E-state index contributed by atoms with van der Waals surface area (Å²) in [5.41, 5.74) is 5.39. The van der Waals surface area contributed by atoms with E-state index in [1.807, 2.05) is 7.05 Å². The van der Waals surface area contributed by atoms with Gasteiger partial charge in [0.25, 0.3) is 0 Å². The van der Waals surface area contributed by atoms with Crippen LogP contribution in [0.2, 0.25) is 0 Å². The van der Waals surface area contributed by atoms with Gasteiger partial charge in [-0.25, -0.2) is 0 Å². The summed E-state index contributed by atoms with van der Waals surface area (Å²) < 4.78 is 1.17. The number of aliphatic hydroxyl groups is 1. The zero-order valence-electron chi connectivity index (χ0n) is 9.53. The highest BCUT2D eigenvalue weighted by atomic mass is 79.9. The fraction of sp³-hybridized carbons (Fsp3) is 0.636. The van der Waals surface area contributed by atoms with Crippen LogP contribution in [0.25, 0.3) is 0 Å². The molecule has 0 fully saturated rings. The van der Waals surface area contributed by atoms with Crippen molar-refractivity contribution in [1.82, 2.24) is 4.90 Å². The SMILES string of the molecule is CN(CCc1ccc(Br)s1)CC(O)CCN. The first-order chi connectivity index (χ1) is 7.61. The molecular weight excluding hydrogens is 288 g/mol. The van der Waals surface area contributed by atoms with Crippen molar-refractivity contribution in [2.45, 2.75) is 18.9 Å². The number of hydrogen-bond acceptors (Lipinski definition) is 4. The third-order valence-electron chi connectivity index (χ3n) is 2.39. The Morgan fingerprint density at radius 2 is 2.31 bits per heavy atom. The second-order valence-corrected chi connectivity index (χ2v) is 6.50. The van der Waals surface area contributed by atoms with Gasteiger partial charge < -0.3 is 15.7 Å². The molecule has 0 saturated carbocycles. The summed E-state index contributed by atoms with van der Waals surface area (Å²) in [5, 5.41) is 9.59. The molecule has 1 aromatic rings. The van der Waals surface area contributed by atoms with Gasteiger partial charge in [0.2, 0.25) is 0 Å². The molecule has 1 atom stereocenters. The van der Waals surface area contributed by atoms with E-state index in [1.165, 1.54) is 8.66 Å². The quantitative estimate of drug-likeness (QED) is 0.806. The van der Waals surface area contributed by atoms with Gasteiger partial charge in [0.15, 0.2) is 0 Å². The first-order valence-electron chi connectivity index (χ1n) is 5.42. The van der Waals surface area contributed by atoms with Crippen molar-refractivity contribution in [3.63, 3.8) is 0 Å². The maximum absolute atomic E-state index is 9.59. The van der Waals surface area contributed by atoms with Crippen molar-refractivity contribution in [3.05, 3.63) is 20.8 Å². The van der Waals surface area contributed by atoms with Crippen LogP contribution in [0.5, 0.6) is 0 Å². The van der Waals surface area contributed by atoms with E-state index in [9.17, 15) is 5.11 Å². The lowest BCUT2D eigenvalue weighted by atomic mass is 10.2. The topological polar surface area (TPSA) is 49.5 Å². The number of nitrogens with zero attached hydrogens (tertiary/aromatic N) is 1. The zero-order valence-corrected chi connectivity index (χ0v) is 11.9. The first kappa shape index (κ1) is 14.1. The highest BCUT2D eigenvalue weighted by Crippen LogP contribution is 2.22. The molecule has 0 bridgehead atoms. The van der Waals surface area contributed by atoms with Crippen molar-refractivity contribution in [1.29, 1.82) is 0 Å². The highest BCUT2D eigenvalue weighted by molar-refractivity contribution is 9.11. The predicted molar refractivity (Wildman–Crippen MR) is 72.9 cm³/mol. The summed E-state index contributed by atoms with van der Waals surface area (Å²) >= 11 is 5.22. The average molecular weight is 307 g/mol. The van der Waals surface area contributed by atoms with Crippen molar-refractivity contribution < 1.29 is 5.11 Å². The number of likely N-dealkylation sites (N-methyl/N-ethyl adjacent to an activating group) is 1. The number of nitrogens with two attached hydrogens (primary N) is 1. The predicted octanol–water partition coefficient (Wildman–Crippen LogP) is 1.69. The Kier molecular flexibility index (Phi) is 6.53. The fourth-order valence-corrected chi connectivity index (χ4v) is 2.99. The summed E-state index contributed by atoms with van der Waals surface area (Å²) in [6.07, 6.45) is 1.40. The van der Waals surface area contributed by atoms with Gasteiger partial charge in [0.05, 0.1) is 9.89 Å². The maximum atomic E-state index is 9.59. The van der Waals surface area contributed by atoms with Gasteiger partial charge in [0, 0.05) is 18.0 Å². The molecule has 1 heterocycles. The van der Waals surface area contributed by atoms with Crippen LogP contribution in [-0.4, -0.2) is 42.8 Å². The second kappa shape index (κ2) is 7.40. The number of aliphatic hydroxyl groups excluding tert-OH is 1. The van der Waals surface area contributed by atoms with Crippen molar-refractivity contribution in [2.24, 2.45) is 5.73 Å². The molecule has 0 aromatic carbocycles. The minimum absolute atomic E-state index is 0.301. The van der Waals surface area contributed by atoms with Crippen LogP contribution in [0.4, 0.5) is 0 Å². The van der Waals surface area contributed by atoms with Gasteiger partial charge in [-0.15, -0.1) is 11.3 Å². The Morgan fingerprint density at radius 1 is 1.56 bits per heavy atom. The molecular formula is C11H19BrN2OS. The molecule has 1 aromatic heterocycles. The zero-order chi connectivity index (χ0) is 12.0. The fourth-order valence-electron chi connectivity index (χ4n) is 1.52. The van der Waals surface area contributed by atoms with Crippen molar-refractivity contribution in [2.75, 3.05) is 26.7 Å². The smallest absolute Gasteiger partial charge is 0.0701 e. The summed E-state index contributed by atoms with van der Waals surface area (Å²) in [5.74, 6) is 0. The van der Waals surface area contributed by atoms with E-state index >= 15 is 0 Å². The molecule has 5 heteroatoms. The minimum Gasteiger partial charge on any atom is -0.392 e. The maximum Gasteiger partial charge on any atom is 0.0701 e. The molecule has 3 N–H and O–H groups in total. The number of halogens is 1. The minimum atomic E-state index is -0.301. The van der Waals surface area contributed by atoms with E-state index in [0.29, 0.717) is 19.5 Å². The Hall–Kier alpha value is 0.0600. The molecule has 0 aliphatic carbocycles. The van der Waals surface area contributed by atoms with Crippen LogP contribution in [0.3, 0.4) is 0 Å². The molecule has 16 heavy (non-hydrogen) atoms. The molecule has 0 aliphatic heterocycles. The Bertz CT molecular complexity index is 306. The highest BCUT2D eigenvalue weighted by Gasteiger charge is 2.07. The summed E-state index contributed by atoms with van der Waals surface area (Å²) in [6, 6.07) is 4.21. The standard InChI is InChI=1S/C11H19BrN2OS/c1-14(8-9(15)4-6-13)7-5-10-2-3-11(12)16-10/h2-3,9,15H,4-8,13H2,1H3. The Morgan fingerprint density at radius 3 is 2.88 bits per heavy atom. The van der Waals surface area contributed by atoms with Gasteiger partial charge in [0.1, 0.15) is 0 Å². The van der Waals surface area contributed by atoms with E-state index < -0.39 is 0 Å². The number of thiophene rings is 1. The molecule has 0 saturated heterocycles. The number of rotatable bonds is 7. The molecule has 1 unspecified atom stereocenters. The van der Waals surface area contributed by atoms with Gasteiger partial charge in [-0.05, 0) is 54.5 Å². The van der Waals surface area contributed by atoms with Crippen LogP contribution >= 0.6 is 27.3 Å². The summed E-state index contributed by atoms with van der Waals surface area (Å²) in [7, 11) is 2.03. The van der Waals surface area contributed by atoms with Gasteiger partial charge in [-0.2, -0.15) is 0 Å². The van der Waals surface area contributed by atoms with Crippen LogP contribution in [0.15, 0.2) is 15.9 Å². The third-order valence-corrected chi connectivity index (χ3v) is 4.07. The molecule has 3 nitrogen and oxygen atoms in total. The van der Waals surface area contributed by atoms with Crippen molar-refractivity contribution >= 4 is 27.3 Å². The molecule has 0 spiro atoms. The van der Waals surface area contributed by atoms with E-state index in [1.54, 1.807) is 11.3 Å². The van der Waals surface area contributed by atoms with Gasteiger partial charge >= 0.3 is 0 Å². The molecule has 0 radical (unpaired) electrons. The Balaban J connectivity index is 2.22. The van der Waals surface area contributed by atoms with Crippen LogP contribution in [0, 0.1) is 0 Å². The van der Waals surface area contributed by atoms with E-state index in [4.69, 9.17) is 5.73 Å². The largest absolute Gasteiger partial charge is 0.392 e. The summed E-state index contributed by atoms with van der Waals surface area (Å²) in [4.78, 5) is 3.51. The normalized spacial score (nSPS) is 13.3. The first-order valence-corrected chi connectivity index (χ1v) is 7.03. The van der Waals surface area contributed by atoms with Gasteiger partial charge in [-0.3, -0.25) is 0 Å². The summed E-state index contributed by atoms with van der Waals surface area (Å²) in [6.45, 7) is 2.21. The van der Waals surface area contributed by atoms with Crippen LogP contribution in [0.1, 0.15) is 11.3 Å². The molecule has 0 aliphatic rings. The lowest BCUT2D eigenvalue weighted by molar-refractivity contribution is 0.120. The number of hydrogen-bond donors (Lipinski definition) is 2. The van der Waals surface area contributed by atoms with Crippen molar-refractivity contribution in [3.8, 4) is 0 Å². The monoisotopic (exact) mass is 306 g/mol. The van der Waals surface area contributed by atoms with Gasteiger partial charge in [-0.1, -0.05) is 0 Å². The Labute approximate surface area is 109 Å². The molecule has 1 rings (SSSR count). The second-order valence-electron chi connectivity index (χ2n) is 3.95. The third kappa shape index (κ3) is 5.41. The molecule has 92 valence electrons. The lowest BCUT2D eigenvalue weighted by Gasteiger charge is -2.19. The van der Waals surface area contributed by atoms with E-state index in [2.05, 4.69) is 33.0 Å².